The Balaban J connectivity index is 1.94. The van der Waals surface area contributed by atoms with Crippen LogP contribution in [0.3, 0.4) is 0 Å². The first kappa shape index (κ1) is 18.0. The predicted octanol–water partition coefficient (Wildman–Crippen LogP) is 4.20. The van der Waals surface area contributed by atoms with Crippen LogP contribution in [-0.2, 0) is 0 Å². The third-order valence-corrected chi connectivity index (χ3v) is 3.52. The highest BCUT2D eigenvalue weighted by molar-refractivity contribution is 5.66. The predicted molar refractivity (Wildman–Crippen MR) is 77.3 cm³/mol. The van der Waals surface area contributed by atoms with Crippen LogP contribution in [0.5, 0.6) is 5.88 Å². The van der Waals surface area contributed by atoms with Crippen LogP contribution >= 0.6 is 0 Å². The number of imidazole rings is 1. The number of nitrogens with zero attached hydrogens (tertiary/aromatic N) is 4. The molecule has 1 atom stereocenters. The molecule has 0 aromatic carbocycles. The zero-order valence-electron chi connectivity index (χ0n) is 13.0. The molecule has 0 saturated heterocycles. The van der Waals surface area contributed by atoms with Gasteiger partial charge < -0.3 is 4.74 Å². The van der Waals surface area contributed by atoms with Crippen molar-refractivity contribution in [1.29, 1.82) is 0 Å². The summed E-state index contributed by atoms with van der Waals surface area (Å²) in [6.45, 7) is 0.718. The van der Waals surface area contributed by atoms with Crippen LogP contribution in [0.4, 0.5) is 26.3 Å². The van der Waals surface area contributed by atoms with Gasteiger partial charge in [-0.3, -0.25) is 4.40 Å². The van der Waals surface area contributed by atoms with Crippen molar-refractivity contribution in [2.24, 2.45) is 0 Å². The van der Waals surface area contributed by atoms with E-state index in [1.165, 1.54) is 16.8 Å². The van der Waals surface area contributed by atoms with Gasteiger partial charge in [0.2, 0.25) is 0 Å². The van der Waals surface area contributed by atoms with Gasteiger partial charge >= 0.3 is 6.18 Å². The molecule has 3 rings (SSSR count). The minimum absolute atomic E-state index is 0.0661. The molecule has 0 N–H and O–H groups in total. The molecule has 5 nitrogen and oxygen atoms in total. The maximum atomic E-state index is 14.0. The number of ether oxygens (including phenoxy) is 1. The number of halogens is 6. The summed E-state index contributed by atoms with van der Waals surface area (Å²) < 4.78 is 83.0. The van der Waals surface area contributed by atoms with E-state index in [-0.39, 0.29) is 16.8 Å². The molecule has 0 aliphatic rings. The summed E-state index contributed by atoms with van der Waals surface area (Å²) >= 11 is 0. The summed E-state index contributed by atoms with van der Waals surface area (Å²) in [6, 6.07) is 2.12. The first-order chi connectivity index (χ1) is 12.2. The molecule has 3 aromatic heterocycles. The molecule has 0 saturated carbocycles. The average Bonchev–Trinajstić information content (AvgIpc) is 2.99. The van der Waals surface area contributed by atoms with Crippen LogP contribution in [-0.4, -0.2) is 31.6 Å². The van der Waals surface area contributed by atoms with Crippen LogP contribution in [0.15, 0.2) is 31.0 Å². The lowest BCUT2D eigenvalue weighted by molar-refractivity contribution is -0.190. The maximum absolute atomic E-state index is 14.0. The summed E-state index contributed by atoms with van der Waals surface area (Å²) in [5.74, 6) is -1.96. The summed E-state index contributed by atoms with van der Waals surface area (Å²) in [5.41, 5.74) is -0.224. The van der Waals surface area contributed by atoms with E-state index in [9.17, 15) is 26.3 Å². The van der Waals surface area contributed by atoms with E-state index in [2.05, 4.69) is 19.7 Å². The average molecular weight is 376 g/mol. The largest absolute Gasteiger partial charge is 0.463 e. The SMILES string of the molecule is C[C@H](Oc1ncc(-c2cc3c(C(F)F)ncn3cn2)cc1F)C(F)(F)F. The topological polar surface area (TPSA) is 52.3 Å². The summed E-state index contributed by atoms with van der Waals surface area (Å²) in [5, 5.41) is 0. The van der Waals surface area contributed by atoms with E-state index in [0.29, 0.717) is 0 Å². The van der Waals surface area contributed by atoms with Crippen molar-refractivity contribution < 1.29 is 31.1 Å². The summed E-state index contributed by atoms with van der Waals surface area (Å²) in [6.07, 6.45) is -6.33. The number of alkyl halides is 5. The van der Waals surface area contributed by atoms with Gasteiger partial charge in [0.05, 0.1) is 11.2 Å². The monoisotopic (exact) mass is 376 g/mol. The van der Waals surface area contributed by atoms with Crippen molar-refractivity contribution in [3.8, 4) is 17.1 Å². The lowest BCUT2D eigenvalue weighted by Gasteiger charge is -2.17. The minimum Gasteiger partial charge on any atom is -0.463 e. The van der Waals surface area contributed by atoms with Crippen molar-refractivity contribution in [2.45, 2.75) is 25.6 Å². The highest BCUT2D eigenvalue weighted by Crippen LogP contribution is 2.29. The normalized spacial score (nSPS) is 13.4. The number of aromatic nitrogens is 4. The van der Waals surface area contributed by atoms with Crippen LogP contribution < -0.4 is 4.74 Å². The van der Waals surface area contributed by atoms with E-state index < -0.39 is 36.1 Å². The van der Waals surface area contributed by atoms with Crippen molar-refractivity contribution >= 4 is 5.52 Å². The molecular formula is C15H10F6N4O. The molecular weight excluding hydrogens is 366 g/mol. The van der Waals surface area contributed by atoms with Gasteiger partial charge in [0.1, 0.15) is 18.3 Å². The quantitative estimate of drug-likeness (QED) is 0.641. The smallest absolute Gasteiger partial charge is 0.425 e. The van der Waals surface area contributed by atoms with Gasteiger partial charge in [-0.2, -0.15) is 13.2 Å². The Kier molecular flexibility index (Phi) is 4.46. The van der Waals surface area contributed by atoms with E-state index in [0.717, 1.165) is 25.5 Å². The molecule has 0 fully saturated rings. The van der Waals surface area contributed by atoms with Gasteiger partial charge in [-0.05, 0) is 19.1 Å². The Morgan fingerprint density at radius 3 is 2.38 bits per heavy atom. The first-order valence-electron chi connectivity index (χ1n) is 7.17. The molecule has 11 heteroatoms. The Morgan fingerprint density at radius 2 is 1.77 bits per heavy atom. The first-order valence-corrected chi connectivity index (χ1v) is 7.17. The second kappa shape index (κ2) is 6.46. The maximum Gasteiger partial charge on any atom is 0.425 e. The third kappa shape index (κ3) is 3.41. The highest BCUT2D eigenvalue weighted by atomic mass is 19.4. The van der Waals surface area contributed by atoms with Crippen molar-refractivity contribution in [2.75, 3.05) is 0 Å². The Bertz CT molecular complexity index is 940. The van der Waals surface area contributed by atoms with Crippen LogP contribution in [0.25, 0.3) is 16.8 Å². The molecule has 0 aliphatic carbocycles. The molecule has 3 heterocycles. The number of hydrogen-bond acceptors (Lipinski definition) is 4. The molecule has 138 valence electrons. The fourth-order valence-corrected chi connectivity index (χ4v) is 2.13. The number of hydrogen-bond donors (Lipinski definition) is 0. The highest BCUT2D eigenvalue weighted by Gasteiger charge is 2.38. The number of rotatable bonds is 4. The molecule has 0 bridgehead atoms. The van der Waals surface area contributed by atoms with Gasteiger partial charge in [-0.1, -0.05) is 0 Å². The Hall–Kier alpha value is -2.85. The van der Waals surface area contributed by atoms with E-state index in [4.69, 9.17) is 0 Å². The lowest BCUT2D eigenvalue weighted by Crippen LogP contribution is -2.31. The van der Waals surface area contributed by atoms with Crippen molar-refractivity contribution in [1.82, 2.24) is 19.4 Å². The van der Waals surface area contributed by atoms with Gasteiger partial charge in [0, 0.05) is 11.8 Å². The van der Waals surface area contributed by atoms with E-state index >= 15 is 0 Å². The third-order valence-electron chi connectivity index (χ3n) is 3.52. The fraction of sp³-hybridized carbons (Fsp3) is 0.267. The zero-order valence-corrected chi connectivity index (χ0v) is 13.0. The summed E-state index contributed by atoms with van der Waals surface area (Å²) in [7, 11) is 0. The van der Waals surface area contributed by atoms with Gasteiger partial charge in [0.15, 0.2) is 11.9 Å². The second-order valence-corrected chi connectivity index (χ2v) is 5.31. The summed E-state index contributed by atoms with van der Waals surface area (Å²) in [4.78, 5) is 11.1. The van der Waals surface area contributed by atoms with E-state index in [1.807, 2.05) is 0 Å². The molecule has 0 spiro atoms. The van der Waals surface area contributed by atoms with Crippen molar-refractivity contribution in [3.63, 3.8) is 0 Å². The molecule has 0 aliphatic heterocycles. The Labute approximate surface area is 142 Å². The standard InChI is InChI=1S/C15H10F6N4O/c1-7(15(19,20)21)26-14-9(16)2-8(4-22-14)10-3-11-12(13(17)18)24-6-25(11)5-23-10/h2-7,13H,1H3/t7-/m0/s1. The fourth-order valence-electron chi connectivity index (χ4n) is 2.13. The number of pyridine rings is 1. The lowest BCUT2D eigenvalue weighted by atomic mass is 10.2. The van der Waals surface area contributed by atoms with Crippen LogP contribution in [0, 0.1) is 5.82 Å². The van der Waals surface area contributed by atoms with Gasteiger partial charge in [-0.25, -0.2) is 28.1 Å². The molecule has 0 radical (unpaired) electrons. The van der Waals surface area contributed by atoms with Gasteiger partial charge in [-0.15, -0.1) is 0 Å². The molecule has 0 amide bonds. The minimum atomic E-state index is -4.67. The molecule has 3 aromatic rings. The van der Waals surface area contributed by atoms with Crippen LogP contribution in [0.1, 0.15) is 19.0 Å². The second-order valence-electron chi connectivity index (χ2n) is 5.31. The Morgan fingerprint density at radius 1 is 1.08 bits per heavy atom. The molecule has 0 unspecified atom stereocenters. The van der Waals surface area contributed by atoms with E-state index in [1.54, 1.807) is 0 Å². The number of fused-ring (bicyclic) bond motifs is 1. The van der Waals surface area contributed by atoms with Crippen molar-refractivity contribution in [3.05, 3.63) is 42.5 Å². The van der Waals surface area contributed by atoms with Crippen LogP contribution in [0.2, 0.25) is 0 Å². The zero-order chi connectivity index (χ0) is 19.1. The van der Waals surface area contributed by atoms with Gasteiger partial charge in [0.25, 0.3) is 12.3 Å². The molecule has 26 heavy (non-hydrogen) atoms.